The molecular formula is C22H23F3N4O3. The Hall–Kier alpha value is -3.07. The molecule has 0 saturated carbocycles. The number of aromatic nitrogens is 1. The summed E-state index contributed by atoms with van der Waals surface area (Å²) in [7, 11) is 0. The summed E-state index contributed by atoms with van der Waals surface area (Å²) < 4.78 is 40.5. The second-order valence-electron chi connectivity index (χ2n) is 7.74. The van der Waals surface area contributed by atoms with Crippen molar-refractivity contribution in [1.82, 2.24) is 15.2 Å². The molecule has 3 atom stereocenters. The molecule has 3 N–H and O–H groups in total. The van der Waals surface area contributed by atoms with Crippen LogP contribution in [0.5, 0.6) is 5.75 Å². The highest BCUT2D eigenvalue weighted by Crippen LogP contribution is 2.21. The van der Waals surface area contributed by atoms with Crippen molar-refractivity contribution in [2.45, 2.75) is 43.8 Å². The number of nitrogens with one attached hydrogen (secondary N) is 1. The Morgan fingerprint density at radius 1 is 1.31 bits per heavy atom. The maximum atomic E-state index is 13.9. The number of carbonyl (C=O) groups is 1. The molecule has 0 radical (unpaired) electrons. The molecule has 3 rings (SSSR count). The van der Waals surface area contributed by atoms with Crippen LogP contribution >= 0.6 is 0 Å². The molecule has 0 aliphatic carbocycles. The van der Waals surface area contributed by atoms with Crippen LogP contribution < -0.4 is 16.2 Å². The van der Waals surface area contributed by atoms with Gasteiger partial charge in [-0.2, -0.15) is 0 Å². The number of carbonyl (C=O) groups excluding carboxylic acids is 2. The summed E-state index contributed by atoms with van der Waals surface area (Å²) in [5, 5.41) is 15.1. The first kappa shape index (κ1) is 23.6. The van der Waals surface area contributed by atoms with E-state index in [9.17, 15) is 27.9 Å². The van der Waals surface area contributed by atoms with Crippen molar-refractivity contribution in [1.29, 1.82) is 0 Å². The van der Waals surface area contributed by atoms with Crippen molar-refractivity contribution in [3.63, 3.8) is 0 Å². The molecule has 7 nitrogen and oxygen atoms in total. The molecule has 1 aliphatic rings. The monoisotopic (exact) mass is 448 g/mol. The molecule has 32 heavy (non-hydrogen) atoms. The number of benzene rings is 1. The fourth-order valence-electron chi connectivity index (χ4n) is 3.84. The van der Waals surface area contributed by atoms with Gasteiger partial charge in [-0.15, -0.1) is 0 Å². The summed E-state index contributed by atoms with van der Waals surface area (Å²) in [6, 6.07) is 1.60. The molecule has 1 aromatic heterocycles. The third kappa shape index (κ3) is 5.59. The number of hydrogen-bond donors (Lipinski definition) is 2. The molecule has 1 aromatic carbocycles. The number of hydrogen-bond acceptors (Lipinski definition) is 6. The number of nitrogens with two attached hydrogens (primary N) is 1. The van der Waals surface area contributed by atoms with Gasteiger partial charge in [0.15, 0.2) is 11.6 Å². The van der Waals surface area contributed by atoms with Crippen LogP contribution in [0.15, 0.2) is 30.5 Å². The van der Waals surface area contributed by atoms with E-state index >= 15 is 0 Å². The molecule has 10 heteroatoms. The second-order valence-corrected chi connectivity index (χ2v) is 7.74. The molecular weight excluding hydrogens is 425 g/mol. The first-order chi connectivity index (χ1) is 15.3. The van der Waals surface area contributed by atoms with Crippen molar-refractivity contribution in [2.75, 3.05) is 13.1 Å². The summed E-state index contributed by atoms with van der Waals surface area (Å²) in [6.45, 7) is 0.778. The van der Waals surface area contributed by atoms with Gasteiger partial charge in [0, 0.05) is 54.7 Å². The van der Waals surface area contributed by atoms with Gasteiger partial charge in [0.2, 0.25) is 5.91 Å². The van der Waals surface area contributed by atoms with E-state index in [1.165, 1.54) is 23.2 Å². The van der Waals surface area contributed by atoms with Crippen LogP contribution in [0.3, 0.4) is 0 Å². The molecule has 0 spiro atoms. The van der Waals surface area contributed by atoms with E-state index in [0.717, 1.165) is 6.07 Å². The SMILES string of the molecule is N[C@@H](CC(=O)N1CCCNC([C+]=O)[C@H]1Cc1ncccc1[O-])Cc1cc(F)c(F)cc1F. The minimum Gasteiger partial charge on any atom is -0.871 e. The smallest absolute Gasteiger partial charge is 0.528 e. The highest BCUT2D eigenvalue weighted by atomic mass is 19.2. The van der Waals surface area contributed by atoms with Gasteiger partial charge < -0.3 is 15.7 Å². The van der Waals surface area contributed by atoms with Crippen molar-refractivity contribution < 1.29 is 27.9 Å². The van der Waals surface area contributed by atoms with Crippen molar-refractivity contribution >= 4 is 12.2 Å². The Bertz CT molecular complexity index is 975. The van der Waals surface area contributed by atoms with Gasteiger partial charge in [-0.3, -0.25) is 15.1 Å². The molecule has 1 unspecified atom stereocenters. The van der Waals surface area contributed by atoms with Crippen LogP contribution in [0, 0.1) is 17.5 Å². The van der Waals surface area contributed by atoms with Gasteiger partial charge in [0.05, 0.1) is 0 Å². The van der Waals surface area contributed by atoms with Crippen LogP contribution in [0.4, 0.5) is 13.2 Å². The van der Waals surface area contributed by atoms with Crippen LogP contribution in [-0.2, 0) is 22.4 Å². The van der Waals surface area contributed by atoms with E-state index in [1.54, 1.807) is 0 Å². The minimum absolute atomic E-state index is 0.0470. The quantitative estimate of drug-likeness (QED) is 0.478. The molecule has 1 aliphatic heterocycles. The zero-order chi connectivity index (χ0) is 23.3. The molecule has 2 aromatic rings. The fourth-order valence-corrected chi connectivity index (χ4v) is 3.84. The lowest BCUT2D eigenvalue weighted by Gasteiger charge is -2.30. The van der Waals surface area contributed by atoms with Gasteiger partial charge in [-0.05, 0) is 30.5 Å². The summed E-state index contributed by atoms with van der Waals surface area (Å²) in [6.07, 6.45) is 3.55. The highest BCUT2D eigenvalue weighted by Gasteiger charge is 2.41. The highest BCUT2D eigenvalue weighted by molar-refractivity contribution is 5.78. The van der Waals surface area contributed by atoms with Crippen molar-refractivity contribution in [3.05, 3.63) is 59.2 Å². The van der Waals surface area contributed by atoms with E-state index in [0.29, 0.717) is 25.6 Å². The standard InChI is InChI=1S/C22H23F3N4O3/c23-15-10-17(25)16(24)8-13(15)7-14(26)9-22(32)29-6-2-5-28-19(12-30)20(29)11-18-21(31)3-1-4-27-18/h1,3-4,8,10,14,19-20,28H,2,5-7,9,11,26H2/t14-,19?,20-/m1/s1. The maximum Gasteiger partial charge on any atom is 0.528 e. The Morgan fingerprint density at radius 2 is 2.06 bits per heavy atom. The van der Waals surface area contributed by atoms with E-state index in [-0.39, 0.29) is 36.3 Å². The Morgan fingerprint density at radius 3 is 2.78 bits per heavy atom. The first-order valence-corrected chi connectivity index (χ1v) is 10.2. The minimum atomic E-state index is -1.31. The van der Waals surface area contributed by atoms with Crippen LogP contribution in [-0.4, -0.2) is 53.3 Å². The van der Waals surface area contributed by atoms with Crippen LogP contribution in [0.2, 0.25) is 0 Å². The first-order valence-electron chi connectivity index (χ1n) is 10.2. The predicted molar refractivity (Wildman–Crippen MR) is 108 cm³/mol. The Balaban J connectivity index is 1.76. The zero-order valence-electron chi connectivity index (χ0n) is 17.2. The summed E-state index contributed by atoms with van der Waals surface area (Å²) in [4.78, 5) is 30.2. The summed E-state index contributed by atoms with van der Waals surface area (Å²) in [5.74, 6) is -4.17. The zero-order valence-corrected chi connectivity index (χ0v) is 17.2. The van der Waals surface area contributed by atoms with E-state index in [4.69, 9.17) is 5.73 Å². The molecule has 1 amide bonds. The van der Waals surface area contributed by atoms with Gasteiger partial charge in [0.25, 0.3) is 6.04 Å². The number of pyridine rings is 1. The molecule has 170 valence electrons. The molecule has 2 heterocycles. The lowest BCUT2D eigenvalue weighted by Crippen LogP contribution is -2.53. The third-order valence-electron chi connectivity index (χ3n) is 5.43. The van der Waals surface area contributed by atoms with Gasteiger partial charge in [-0.1, -0.05) is 11.8 Å². The van der Waals surface area contributed by atoms with Crippen molar-refractivity contribution in [2.24, 2.45) is 5.73 Å². The molecule has 0 bridgehead atoms. The predicted octanol–water partition coefficient (Wildman–Crippen LogP) is 0.744. The largest absolute Gasteiger partial charge is 0.871 e. The maximum absolute atomic E-state index is 13.9. The number of rotatable bonds is 7. The number of halogens is 3. The second kappa shape index (κ2) is 10.5. The van der Waals surface area contributed by atoms with E-state index in [1.807, 2.05) is 6.29 Å². The van der Waals surface area contributed by atoms with E-state index in [2.05, 4.69) is 10.3 Å². The number of nitrogens with zero attached hydrogens (tertiary/aromatic N) is 2. The molecule has 1 saturated heterocycles. The average molecular weight is 448 g/mol. The summed E-state index contributed by atoms with van der Waals surface area (Å²) in [5.41, 5.74) is 6.09. The molecule has 1 fully saturated rings. The van der Waals surface area contributed by atoms with Crippen molar-refractivity contribution in [3.8, 4) is 5.75 Å². The normalized spacial score (nSPS) is 19.8. The van der Waals surface area contributed by atoms with Gasteiger partial charge in [-0.25, -0.2) is 13.2 Å². The third-order valence-corrected chi connectivity index (χ3v) is 5.43. The fraction of sp³-hybridized carbons (Fsp3) is 0.409. The lowest BCUT2D eigenvalue weighted by atomic mass is 9.99. The summed E-state index contributed by atoms with van der Waals surface area (Å²) >= 11 is 0. The van der Waals surface area contributed by atoms with Gasteiger partial charge in [0.1, 0.15) is 11.9 Å². The van der Waals surface area contributed by atoms with Crippen LogP contribution in [0.25, 0.3) is 0 Å². The average Bonchev–Trinajstić information content (AvgIpc) is 2.95. The topological polar surface area (TPSA) is 111 Å². The van der Waals surface area contributed by atoms with Crippen LogP contribution in [0.1, 0.15) is 24.1 Å². The van der Waals surface area contributed by atoms with E-state index < -0.39 is 41.5 Å². The number of amides is 1. The van der Waals surface area contributed by atoms with Gasteiger partial charge >= 0.3 is 6.29 Å². The Kier molecular flexibility index (Phi) is 7.74. The lowest BCUT2D eigenvalue weighted by molar-refractivity contribution is -0.270. The Labute approximate surface area is 183 Å².